The summed E-state index contributed by atoms with van der Waals surface area (Å²) in [5.41, 5.74) is 1.92. The Balaban J connectivity index is 1.73. The zero-order valence-electron chi connectivity index (χ0n) is 15.9. The third kappa shape index (κ3) is 3.92. The fraction of sp³-hybridized carbons (Fsp3) is 0.227. The minimum atomic E-state index is -0.259. The maximum atomic E-state index is 13.2. The van der Waals surface area contributed by atoms with Crippen molar-refractivity contribution in [2.45, 2.75) is 0 Å². The topological polar surface area (TPSA) is 50.8 Å². The quantitative estimate of drug-likeness (QED) is 0.552. The van der Waals surface area contributed by atoms with Crippen molar-refractivity contribution in [3.05, 3.63) is 63.6 Å². The highest BCUT2D eigenvalue weighted by molar-refractivity contribution is 9.10. The van der Waals surface area contributed by atoms with Crippen LogP contribution in [0, 0.1) is 0 Å². The summed E-state index contributed by atoms with van der Waals surface area (Å²) in [5, 5.41) is 5.55. The smallest absolute Gasteiger partial charge is 0.259 e. The van der Waals surface area contributed by atoms with Crippen LogP contribution < -0.4 is 15.0 Å². The summed E-state index contributed by atoms with van der Waals surface area (Å²) in [6, 6.07) is 15.2. The lowest BCUT2D eigenvalue weighted by atomic mass is 10.0. The van der Waals surface area contributed by atoms with E-state index in [1.54, 1.807) is 7.11 Å². The van der Waals surface area contributed by atoms with E-state index in [4.69, 9.17) is 21.1 Å². The molecule has 0 atom stereocenters. The predicted octanol–water partition coefficient (Wildman–Crippen LogP) is 5.35. The molecule has 5 nitrogen and oxygen atoms in total. The molecule has 7 heteroatoms. The Kier molecular flexibility index (Phi) is 5.94. The van der Waals surface area contributed by atoms with Gasteiger partial charge < -0.3 is 19.7 Å². The fourth-order valence-electron chi connectivity index (χ4n) is 3.57. The molecule has 0 aliphatic carbocycles. The lowest BCUT2D eigenvalue weighted by Crippen LogP contribution is -2.37. The van der Waals surface area contributed by atoms with E-state index in [2.05, 4.69) is 26.1 Å². The average molecular weight is 476 g/mol. The molecule has 1 aliphatic heterocycles. The Bertz CT molecular complexity index is 1070. The van der Waals surface area contributed by atoms with Crippen LogP contribution >= 0.6 is 27.5 Å². The maximum absolute atomic E-state index is 13.2. The molecule has 0 aromatic heterocycles. The highest BCUT2D eigenvalue weighted by atomic mass is 79.9. The number of carbonyl (C=O) groups is 1. The first-order valence-electron chi connectivity index (χ1n) is 9.28. The summed E-state index contributed by atoms with van der Waals surface area (Å²) in [6.07, 6.45) is 0. The lowest BCUT2D eigenvalue weighted by molar-refractivity contribution is 0.102. The number of anilines is 2. The van der Waals surface area contributed by atoms with Crippen molar-refractivity contribution in [3.8, 4) is 5.75 Å². The largest absolute Gasteiger partial charge is 0.495 e. The van der Waals surface area contributed by atoms with E-state index in [1.807, 2.05) is 48.5 Å². The van der Waals surface area contributed by atoms with Crippen molar-refractivity contribution < 1.29 is 14.3 Å². The van der Waals surface area contributed by atoms with Gasteiger partial charge in [-0.25, -0.2) is 0 Å². The number of amides is 1. The van der Waals surface area contributed by atoms with Crippen molar-refractivity contribution in [2.24, 2.45) is 0 Å². The zero-order valence-corrected chi connectivity index (χ0v) is 18.2. The monoisotopic (exact) mass is 474 g/mol. The van der Waals surface area contributed by atoms with Gasteiger partial charge in [0.05, 0.1) is 46.8 Å². The van der Waals surface area contributed by atoms with Crippen molar-refractivity contribution in [2.75, 3.05) is 43.6 Å². The van der Waals surface area contributed by atoms with Crippen LogP contribution in [0.25, 0.3) is 10.8 Å². The summed E-state index contributed by atoms with van der Waals surface area (Å²) in [4.78, 5) is 15.4. The van der Waals surface area contributed by atoms with Crippen molar-refractivity contribution >= 4 is 55.6 Å². The molecular weight excluding hydrogens is 456 g/mol. The Morgan fingerprint density at radius 2 is 1.93 bits per heavy atom. The molecule has 0 spiro atoms. The first kappa shape index (κ1) is 20.0. The van der Waals surface area contributed by atoms with Crippen molar-refractivity contribution in [1.82, 2.24) is 0 Å². The summed E-state index contributed by atoms with van der Waals surface area (Å²) >= 11 is 10.1. The first-order valence-corrected chi connectivity index (χ1v) is 10.4. The number of nitrogens with one attached hydrogen (secondary N) is 1. The molecule has 1 heterocycles. The summed E-state index contributed by atoms with van der Waals surface area (Å²) in [7, 11) is 1.56. The minimum absolute atomic E-state index is 0.259. The van der Waals surface area contributed by atoms with Crippen LogP contribution in [-0.4, -0.2) is 39.3 Å². The van der Waals surface area contributed by atoms with Gasteiger partial charge >= 0.3 is 0 Å². The lowest BCUT2D eigenvalue weighted by Gasteiger charge is -2.31. The summed E-state index contributed by atoms with van der Waals surface area (Å²) < 4.78 is 11.7. The number of morpholine rings is 1. The maximum Gasteiger partial charge on any atom is 0.259 e. The van der Waals surface area contributed by atoms with Crippen LogP contribution in [0.1, 0.15) is 10.4 Å². The molecule has 0 bridgehead atoms. The normalized spacial score (nSPS) is 14.1. The second-order valence-corrected chi connectivity index (χ2v) is 7.88. The zero-order chi connectivity index (χ0) is 20.4. The fourth-order valence-corrected chi connectivity index (χ4v) is 4.60. The van der Waals surface area contributed by atoms with Crippen LogP contribution in [0.2, 0.25) is 5.02 Å². The SMILES string of the molecule is COc1c(C(=O)Nc2cccc(Cl)c2N2CCOCC2)cc2ccccc2c1Br. The van der Waals surface area contributed by atoms with Crippen molar-refractivity contribution in [3.63, 3.8) is 0 Å². The van der Waals surface area contributed by atoms with Crippen LogP contribution in [0.4, 0.5) is 11.4 Å². The highest BCUT2D eigenvalue weighted by Crippen LogP contribution is 2.38. The average Bonchev–Trinajstić information content (AvgIpc) is 2.74. The van der Waals surface area contributed by atoms with E-state index < -0.39 is 0 Å². The molecule has 0 radical (unpaired) electrons. The van der Waals surface area contributed by atoms with E-state index in [9.17, 15) is 4.79 Å². The molecular formula is C22H20BrClN2O3. The van der Waals surface area contributed by atoms with Gasteiger partial charge in [0.2, 0.25) is 0 Å². The molecule has 4 rings (SSSR count). The van der Waals surface area contributed by atoms with E-state index in [0.717, 1.165) is 34.0 Å². The number of carbonyl (C=O) groups excluding carboxylic acids is 1. The molecule has 29 heavy (non-hydrogen) atoms. The number of nitrogens with zero attached hydrogens (tertiary/aromatic N) is 1. The Morgan fingerprint density at radius 3 is 2.69 bits per heavy atom. The van der Waals surface area contributed by atoms with Gasteiger partial charge in [-0.1, -0.05) is 41.9 Å². The molecule has 1 fully saturated rings. The van der Waals surface area contributed by atoms with E-state index >= 15 is 0 Å². The Morgan fingerprint density at radius 1 is 1.17 bits per heavy atom. The molecule has 0 unspecified atom stereocenters. The van der Waals surface area contributed by atoms with Crippen LogP contribution in [0.3, 0.4) is 0 Å². The van der Waals surface area contributed by atoms with Crippen molar-refractivity contribution in [1.29, 1.82) is 0 Å². The second-order valence-electron chi connectivity index (χ2n) is 6.68. The standard InChI is InChI=1S/C22H20BrClN2O3/c1-28-21-16(13-14-5-2-3-6-15(14)19(21)23)22(27)25-18-8-4-7-17(24)20(18)26-9-11-29-12-10-26/h2-8,13H,9-12H2,1H3,(H,25,27). The Labute approximate surface area is 182 Å². The number of halogens is 2. The van der Waals surface area contributed by atoms with Gasteiger partial charge in [0.25, 0.3) is 5.91 Å². The third-order valence-electron chi connectivity index (χ3n) is 4.95. The molecule has 1 saturated heterocycles. The molecule has 150 valence electrons. The third-order valence-corrected chi connectivity index (χ3v) is 6.04. The van der Waals surface area contributed by atoms with Gasteiger partial charge in [-0.2, -0.15) is 0 Å². The van der Waals surface area contributed by atoms with Gasteiger partial charge in [-0.15, -0.1) is 0 Å². The number of hydrogen-bond donors (Lipinski definition) is 1. The number of methoxy groups -OCH3 is 1. The van der Waals surface area contributed by atoms with E-state index in [1.165, 1.54) is 0 Å². The predicted molar refractivity (Wildman–Crippen MR) is 121 cm³/mol. The van der Waals surface area contributed by atoms with Gasteiger partial charge in [-0.3, -0.25) is 4.79 Å². The molecule has 0 saturated carbocycles. The van der Waals surface area contributed by atoms with E-state index in [0.29, 0.717) is 35.2 Å². The number of fused-ring (bicyclic) bond motifs is 1. The molecule has 1 amide bonds. The second kappa shape index (κ2) is 8.61. The molecule has 1 N–H and O–H groups in total. The van der Waals surface area contributed by atoms with E-state index in [-0.39, 0.29) is 5.91 Å². The molecule has 1 aliphatic rings. The number of hydrogen-bond acceptors (Lipinski definition) is 4. The number of ether oxygens (including phenoxy) is 2. The van der Waals surface area contributed by atoms with Gasteiger partial charge in [-0.05, 0) is 44.9 Å². The summed E-state index contributed by atoms with van der Waals surface area (Å²) in [6.45, 7) is 2.70. The number of rotatable bonds is 4. The van der Waals surface area contributed by atoms with Crippen LogP contribution in [-0.2, 0) is 4.74 Å². The van der Waals surface area contributed by atoms with Gasteiger partial charge in [0, 0.05) is 13.1 Å². The van der Waals surface area contributed by atoms with Gasteiger partial charge in [0.1, 0.15) is 5.75 Å². The number of para-hydroxylation sites is 1. The minimum Gasteiger partial charge on any atom is -0.495 e. The molecule has 3 aromatic carbocycles. The van der Waals surface area contributed by atoms with Gasteiger partial charge in [0.15, 0.2) is 0 Å². The molecule has 3 aromatic rings. The number of benzene rings is 3. The highest BCUT2D eigenvalue weighted by Gasteiger charge is 2.22. The Hall–Kier alpha value is -2.28. The van der Waals surface area contributed by atoms with Crippen LogP contribution in [0.5, 0.6) is 5.75 Å². The first-order chi connectivity index (χ1) is 14.1. The summed E-state index contributed by atoms with van der Waals surface area (Å²) in [5.74, 6) is 0.237. The van der Waals surface area contributed by atoms with Crippen LogP contribution in [0.15, 0.2) is 53.0 Å².